The number of hydrogen-bond acceptors (Lipinski definition) is 2. The number of methoxy groups -OCH3 is 1. The molecule has 0 aliphatic carbocycles. The van der Waals surface area contributed by atoms with Gasteiger partial charge in [0.15, 0.2) is 0 Å². The quantitative estimate of drug-likeness (QED) is 0.365. The standard InChI is InChI=1S/C28H25NO2/c1-31-27-19-11-10-17-25(27)24-16-8-9-18-26(24)28(30)29(20-22-12-4-2-5-13-22)21-23-14-6-3-7-15-23/h2-19H,20-21H2,1H3. The molecule has 4 aromatic carbocycles. The van der Waals surface area contributed by atoms with Crippen LogP contribution in [0.25, 0.3) is 11.1 Å². The van der Waals surface area contributed by atoms with Gasteiger partial charge in [-0.25, -0.2) is 0 Å². The van der Waals surface area contributed by atoms with Crippen LogP contribution in [-0.4, -0.2) is 17.9 Å². The van der Waals surface area contributed by atoms with Crippen LogP contribution in [0.2, 0.25) is 0 Å². The average molecular weight is 408 g/mol. The molecule has 0 heterocycles. The molecule has 0 aliphatic rings. The van der Waals surface area contributed by atoms with Crippen LogP contribution in [0.15, 0.2) is 109 Å². The molecule has 0 unspecified atom stereocenters. The van der Waals surface area contributed by atoms with E-state index in [1.54, 1.807) is 7.11 Å². The number of benzene rings is 4. The van der Waals surface area contributed by atoms with Crippen molar-refractivity contribution in [3.63, 3.8) is 0 Å². The zero-order chi connectivity index (χ0) is 21.5. The molecular formula is C28H25NO2. The van der Waals surface area contributed by atoms with E-state index in [4.69, 9.17) is 4.74 Å². The summed E-state index contributed by atoms with van der Waals surface area (Å²) < 4.78 is 5.56. The molecule has 0 bridgehead atoms. The molecule has 0 N–H and O–H groups in total. The summed E-state index contributed by atoms with van der Waals surface area (Å²) in [5.41, 5.74) is 4.64. The van der Waals surface area contributed by atoms with Gasteiger partial charge in [-0.1, -0.05) is 97.1 Å². The second kappa shape index (κ2) is 9.77. The van der Waals surface area contributed by atoms with Crippen LogP contribution < -0.4 is 4.74 Å². The number of nitrogens with zero attached hydrogens (tertiary/aromatic N) is 1. The van der Waals surface area contributed by atoms with Crippen molar-refractivity contribution in [3.8, 4) is 16.9 Å². The third-order valence-electron chi connectivity index (χ3n) is 5.27. The van der Waals surface area contributed by atoms with Crippen LogP contribution >= 0.6 is 0 Å². The molecule has 154 valence electrons. The first-order chi connectivity index (χ1) is 15.3. The predicted octanol–water partition coefficient (Wildman–Crippen LogP) is 6.20. The highest BCUT2D eigenvalue weighted by Crippen LogP contribution is 2.33. The lowest BCUT2D eigenvalue weighted by Crippen LogP contribution is -2.30. The summed E-state index contributed by atoms with van der Waals surface area (Å²) in [5.74, 6) is 0.745. The molecule has 0 spiro atoms. The topological polar surface area (TPSA) is 29.5 Å². The molecule has 3 heteroatoms. The van der Waals surface area contributed by atoms with Crippen molar-refractivity contribution in [3.05, 3.63) is 126 Å². The lowest BCUT2D eigenvalue weighted by Gasteiger charge is -2.25. The molecule has 0 saturated heterocycles. The van der Waals surface area contributed by atoms with Gasteiger partial charge >= 0.3 is 0 Å². The van der Waals surface area contributed by atoms with Gasteiger partial charge in [-0.15, -0.1) is 0 Å². The van der Waals surface area contributed by atoms with Crippen molar-refractivity contribution in [1.29, 1.82) is 0 Å². The normalized spacial score (nSPS) is 10.5. The van der Waals surface area contributed by atoms with Crippen molar-refractivity contribution in [2.45, 2.75) is 13.1 Å². The Morgan fingerprint density at radius 2 is 1.13 bits per heavy atom. The highest BCUT2D eigenvalue weighted by Gasteiger charge is 2.21. The minimum Gasteiger partial charge on any atom is -0.496 e. The largest absolute Gasteiger partial charge is 0.496 e. The Labute approximate surface area is 183 Å². The summed E-state index contributed by atoms with van der Waals surface area (Å²) in [6, 6.07) is 35.8. The van der Waals surface area contributed by atoms with Gasteiger partial charge in [-0.2, -0.15) is 0 Å². The van der Waals surface area contributed by atoms with E-state index in [0.717, 1.165) is 28.0 Å². The molecule has 0 fully saturated rings. The van der Waals surface area contributed by atoms with Crippen molar-refractivity contribution in [2.75, 3.05) is 7.11 Å². The number of carbonyl (C=O) groups is 1. The second-order valence-electron chi connectivity index (χ2n) is 7.38. The van der Waals surface area contributed by atoms with E-state index in [2.05, 4.69) is 24.3 Å². The Bertz CT molecular complexity index is 1100. The Morgan fingerprint density at radius 1 is 0.645 bits per heavy atom. The first-order valence-corrected chi connectivity index (χ1v) is 10.4. The van der Waals surface area contributed by atoms with Gasteiger partial charge in [0.25, 0.3) is 5.91 Å². The van der Waals surface area contributed by atoms with Crippen LogP contribution in [-0.2, 0) is 13.1 Å². The number of carbonyl (C=O) groups excluding carboxylic acids is 1. The zero-order valence-electron chi connectivity index (χ0n) is 17.6. The number of ether oxygens (including phenoxy) is 1. The number of rotatable bonds is 7. The zero-order valence-corrected chi connectivity index (χ0v) is 17.6. The summed E-state index contributed by atoms with van der Waals surface area (Å²) >= 11 is 0. The minimum atomic E-state index is -0.00536. The van der Waals surface area contributed by atoms with E-state index in [-0.39, 0.29) is 5.91 Å². The van der Waals surface area contributed by atoms with Crippen molar-refractivity contribution >= 4 is 5.91 Å². The van der Waals surface area contributed by atoms with Gasteiger partial charge in [0.2, 0.25) is 0 Å². The fourth-order valence-electron chi connectivity index (χ4n) is 3.75. The predicted molar refractivity (Wildman–Crippen MR) is 125 cm³/mol. The average Bonchev–Trinajstić information content (AvgIpc) is 2.84. The van der Waals surface area contributed by atoms with Crippen LogP contribution in [0, 0.1) is 0 Å². The molecule has 3 nitrogen and oxygen atoms in total. The molecule has 1 amide bonds. The Morgan fingerprint density at radius 3 is 1.71 bits per heavy atom. The Balaban J connectivity index is 1.73. The molecule has 0 saturated carbocycles. The number of amides is 1. The molecule has 4 aromatic rings. The van der Waals surface area contributed by atoms with Crippen molar-refractivity contribution < 1.29 is 9.53 Å². The SMILES string of the molecule is COc1ccccc1-c1ccccc1C(=O)N(Cc1ccccc1)Cc1ccccc1. The maximum Gasteiger partial charge on any atom is 0.255 e. The summed E-state index contributed by atoms with van der Waals surface area (Å²) in [4.78, 5) is 15.7. The maximum atomic E-state index is 13.8. The minimum absolute atomic E-state index is 0.00536. The third-order valence-corrected chi connectivity index (χ3v) is 5.27. The summed E-state index contributed by atoms with van der Waals surface area (Å²) in [7, 11) is 1.65. The first kappa shape index (κ1) is 20.4. The van der Waals surface area contributed by atoms with Gasteiger partial charge in [-0.05, 0) is 28.8 Å². The molecule has 0 aliphatic heterocycles. The van der Waals surface area contributed by atoms with Crippen molar-refractivity contribution in [2.24, 2.45) is 0 Å². The number of para-hydroxylation sites is 1. The second-order valence-corrected chi connectivity index (χ2v) is 7.38. The van der Waals surface area contributed by atoms with E-state index in [1.165, 1.54) is 0 Å². The first-order valence-electron chi connectivity index (χ1n) is 10.4. The molecule has 4 rings (SSSR count). The van der Waals surface area contributed by atoms with Crippen LogP contribution in [0.1, 0.15) is 21.5 Å². The Kier molecular flexibility index (Phi) is 6.44. The van der Waals surface area contributed by atoms with E-state index < -0.39 is 0 Å². The van der Waals surface area contributed by atoms with Gasteiger partial charge in [0, 0.05) is 24.2 Å². The maximum absolute atomic E-state index is 13.8. The summed E-state index contributed by atoms with van der Waals surface area (Å²) in [6.07, 6.45) is 0. The highest BCUT2D eigenvalue weighted by molar-refractivity contribution is 6.01. The number of hydrogen-bond donors (Lipinski definition) is 0. The molecule has 0 atom stereocenters. The van der Waals surface area contributed by atoms with Gasteiger partial charge < -0.3 is 9.64 Å². The van der Waals surface area contributed by atoms with Crippen LogP contribution in [0.4, 0.5) is 0 Å². The fraction of sp³-hybridized carbons (Fsp3) is 0.107. The van der Waals surface area contributed by atoms with E-state index in [0.29, 0.717) is 18.7 Å². The molecular weight excluding hydrogens is 382 g/mol. The smallest absolute Gasteiger partial charge is 0.255 e. The Hall–Kier alpha value is -3.85. The molecule has 0 aromatic heterocycles. The van der Waals surface area contributed by atoms with E-state index >= 15 is 0 Å². The van der Waals surface area contributed by atoms with Crippen LogP contribution in [0.3, 0.4) is 0 Å². The van der Waals surface area contributed by atoms with Gasteiger partial charge in [-0.3, -0.25) is 4.79 Å². The van der Waals surface area contributed by atoms with Crippen molar-refractivity contribution in [1.82, 2.24) is 4.90 Å². The fourth-order valence-corrected chi connectivity index (χ4v) is 3.75. The summed E-state index contributed by atoms with van der Waals surface area (Å²) in [5, 5.41) is 0. The van der Waals surface area contributed by atoms with E-state index in [1.807, 2.05) is 89.8 Å². The van der Waals surface area contributed by atoms with Gasteiger partial charge in [0.05, 0.1) is 7.11 Å². The third kappa shape index (κ3) is 4.84. The summed E-state index contributed by atoms with van der Waals surface area (Å²) in [6.45, 7) is 1.07. The molecule has 0 radical (unpaired) electrons. The van der Waals surface area contributed by atoms with Gasteiger partial charge in [0.1, 0.15) is 5.75 Å². The monoisotopic (exact) mass is 407 g/mol. The lowest BCUT2D eigenvalue weighted by atomic mass is 9.97. The molecule has 31 heavy (non-hydrogen) atoms. The lowest BCUT2D eigenvalue weighted by molar-refractivity contribution is 0.0731. The van der Waals surface area contributed by atoms with E-state index in [9.17, 15) is 4.79 Å². The van der Waals surface area contributed by atoms with Crippen LogP contribution in [0.5, 0.6) is 5.75 Å². The highest BCUT2D eigenvalue weighted by atomic mass is 16.5.